The molecule has 1 aliphatic carbocycles. The molecule has 2 aromatic carbocycles. The van der Waals surface area contributed by atoms with Crippen LogP contribution in [-0.4, -0.2) is 26.9 Å². The Morgan fingerprint density at radius 3 is 2.29 bits per heavy atom. The van der Waals surface area contributed by atoms with E-state index in [9.17, 15) is 17.6 Å². The van der Waals surface area contributed by atoms with Crippen molar-refractivity contribution in [3.63, 3.8) is 0 Å². The van der Waals surface area contributed by atoms with E-state index >= 15 is 0 Å². The predicted octanol–water partition coefficient (Wildman–Crippen LogP) is 2.30. The normalized spacial score (nSPS) is 14.2. The molecule has 3 rings (SSSR count). The molecule has 1 N–H and O–H groups in total. The van der Waals surface area contributed by atoms with Crippen molar-refractivity contribution in [2.45, 2.75) is 23.8 Å². The Bertz CT molecular complexity index is 819. The van der Waals surface area contributed by atoms with Gasteiger partial charge in [0.1, 0.15) is 12.4 Å². The van der Waals surface area contributed by atoms with Gasteiger partial charge in [0.05, 0.1) is 10.6 Å². The molecule has 1 fully saturated rings. The summed E-state index contributed by atoms with van der Waals surface area (Å²) in [6.07, 6.45) is 1.82. The summed E-state index contributed by atoms with van der Waals surface area (Å²) in [5.74, 6) is -0.848. The van der Waals surface area contributed by atoms with Crippen LogP contribution in [0.1, 0.15) is 12.8 Å². The van der Waals surface area contributed by atoms with Crippen molar-refractivity contribution in [2.24, 2.45) is 0 Å². The molecule has 0 atom stereocenters. The van der Waals surface area contributed by atoms with E-state index in [1.807, 2.05) is 0 Å². The number of carbonyl (C=O) groups excluding carboxylic acids is 1. The number of rotatable bonds is 6. The third kappa shape index (κ3) is 3.73. The highest BCUT2D eigenvalue weighted by Crippen LogP contribution is 2.24. The molecule has 1 amide bonds. The molecule has 0 unspecified atom stereocenters. The molecule has 0 heterocycles. The van der Waals surface area contributed by atoms with Crippen molar-refractivity contribution < 1.29 is 17.6 Å². The Hall–Kier alpha value is -2.41. The number of sulfonamides is 1. The van der Waals surface area contributed by atoms with Crippen molar-refractivity contribution >= 4 is 21.6 Å². The molecular weight excluding hydrogens is 331 g/mol. The van der Waals surface area contributed by atoms with E-state index in [-0.39, 0.29) is 29.1 Å². The molecule has 0 aromatic heterocycles. The number of nitrogens with one attached hydrogen (secondary N) is 1. The van der Waals surface area contributed by atoms with Gasteiger partial charge in [0.2, 0.25) is 5.91 Å². The fourth-order valence-electron chi connectivity index (χ4n) is 2.27. The van der Waals surface area contributed by atoms with E-state index in [2.05, 4.69) is 5.32 Å². The SMILES string of the molecule is O=C(CN(c1ccc(F)cc1)S(=O)(=O)c1ccccc1)NC1CC1. The third-order valence-electron chi connectivity index (χ3n) is 3.68. The first kappa shape index (κ1) is 16.4. The molecule has 0 radical (unpaired) electrons. The highest BCUT2D eigenvalue weighted by Gasteiger charge is 2.29. The lowest BCUT2D eigenvalue weighted by atomic mass is 10.3. The molecule has 0 saturated heterocycles. The van der Waals surface area contributed by atoms with E-state index in [4.69, 9.17) is 0 Å². The zero-order chi connectivity index (χ0) is 17.2. The molecule has 0 aliphatic heterocycles. The van der Waals surface area contributed by atoms with Crippen LogP contribution < -0.4 is 9.62 Å². The van der Waals surface area contributed by atoms with Crippen LogP contribution in [0.2, 0.25) is 0 Å². The Balaban J connectivity index is 1.94. The Morgan fingerprint density at radius 2 is 1.71 bits per heavy atom. The molecule has 1 saturated carbocycles. The number of anilines is 1. The minimum atomic E-state index is -3.93. The summed E-state index contributed by atoms with van der Waals surface area (Å²) < 4.78 is 40.0. The monoisotopic (exact) mass is 348 g/mol. The van der Waals surface area contributed by atoms with Gasteiger partial charge >= 0.3 is 0 Å². The van der Waals surface area contributed by atoms with E-state index in [1.165, 1.54) is 36.4 Å². The number of halogens is 1. The summed E-state index contributed by atoms with van der Waals surface area (Å²) in [5.41, 5.74) is 0.242. The number of benzene rings is 2. The van der Waals surface area contributed by atoms with Gasteiger partial charge in [-0.05, 0) is 49.2 Å². The van der Waals surface area contributed by atoms with Crippen molar-refractivity contribution in [3.8, 4) is 0 Å². The lowest BCUT2D eigenvalue weighted by Gasteiger charge is -2.24. The summed E-state index contributed by atoms with van der Waals surface area (Å²) in [4.78, 5) is 12.2. The van der Waals surface area contributed by atoms with Crippen molar-refractivity contribution in [3.05, 3.63) is 60.4 Å². The number of nitrogens with zero attached hydrogens (tertiary/aromatic N) is 1. The quantitative estimate of drug-likeness (QED) is 0.871. The predicted molar refractivity (Wildman–Crippen MR) is 88.5 cm³/mol. The van der Waals surface area contributed by atoms with Crippen LogP contribution in [0.3, 0.4) is 0 Å². The van der Waals surface area contributed by atoms with Crippen LogP contribution in [0, 0.1) is 5.82 Å². The fraction of sp³-hybridized carbons (Fsp3) is 0.235. The van der Waals surface area contributed by atoms with Gasteiger partial charge in [-0.25, -0.2) is 12.8 Å². The zero-order valence-electron chi connectivity index (χ0n) is 12.9. The Labute approximate surface area is 140 Å². The second-order valence-corrected chi connectivity index (χ2v) is 7.51. The average molecular weight is 348 g/mol. The number of carbonyl (C=O) groups is 1. The summed E-state index contributed by atoms with van der Waals surface area (Å²) >= 11 is 0. The van der Waals surface area contributed by atoms with Gasteiger partial charge in [0.25, 0.3) is 10.0 Å². The van der Waals surface area contributed by atoms with E-state index in [0.29, 0.717) is 0 Å². The lowest BCUT2D eigenvalue weighted by molar-refractivity contribution is -0.119. The molecule has 7 heteroatoms. The molecule has 1 aliphatic rings. The Morgan fingerprint density at radius 1 is 1.08 bits per heavy atom. The van der Waals surface area contributed by atoms with Crippen LogP contribution in [0.15, 0.2) is 59.5 Å². The second-order valence-electron chi connectivity index (χ2n) is 5.64. The van der Waals surface area contributed by atoms with Gasteiger partial charge < -0.3 is 5.32 Å². The molecule has 24 heavy (non-hydrogen) atoms. The van der Waals surface area contributed by atoms with Crippen molar-refractivity contribution in [1.29, 1.82) is 0 Å². The molecule has 0 bridgehead atoms. The summed E-state index contributed by atoms with van der Waals surface area (Å²) in [5, 5.41) is 2.77. The maximum absolute atomic E-state index is 13.2. The highest BCUT2D eigenvalue weighted by atomic mass is 32.2. The molecule has 2 aromatic rings. The van der Waals surface area contributed by atoms with Gasteiger partial charge in [-0.15, -0.1) is 0 Å². The van der Waals surface area contributed by atoms with Crippen LogP contribution in [0.4, 0.5) is 10.1 Å². The largest absolute Gasteiger partial charge is 0.352 e. The smallest absolute Gasteiger partial charge is 0.264 e. The Kier molecular flexibility index (Phi) is 4.53. The molecular formula is C17H17FN2O3S. The molecule has 126 valence electrons. The third-order valence-corrected chi connectivity index (χ3v) is 5.46. The summed E-state index contributed by atoms with van der Waals surface area (Å²) in [7, 11) is -3.93. The van der Waals surface area contributed by atoms with Gasteiger partial charge in [-0.3, -0.25) is 9.10 Å². The zero-order valence-corrected chi connectivity index (χ0v) is 13.7. The maximum atomic E-state index is 13.2. The standard InChI is InChI=1S/C17H17FN2O3S/c18-13-6-10-15(11-7-13)20(12-17(21)19-14-8-9-14)24(22,23)16-4-2-1-3-5-16/h1-7,10-11,14H,8-9,12H2,(H,19,21). The minimum absolute atomic E-state index is 0.0774. The van der Waals surface area contributed by atoms with Crippen LogP contribution in [0.25, 0.3) is 0 Å². The lowest BCUT2D eigenvalue weighted by Crippen LogP contribution is -2.41. The average Bonchev–Trinajstić information content (AvgIpc) is 3.38. The van der Waals surface area contributed by atoms with Gasteiger partial charge in [-0.1, -0.05) is 18.2 Å². The first-order valence-corrected chi connectivity index (χ1v) is 9.03. The van der Waals surface area contributed by atoms with Crippen LogP contribution in [0.5, 0.6) is 0 Å². The highest BCUT2D eigenvalue weighted by molar-refractivity contribution is 7.92. The van der Waals surface area contributed by atoms with Crippen LogP contribution >= 0.6 is 0 Å². The van der Waals surface area contributed by atoms with Gasteiger partial charge in [-0.2, -0.15) is 0 Å². The summed E-state index contributed by atoms with van der Waals surface area (Å²) in [6, 6.07) is 13.0. The number of hydrogen-bond acceptors (Lipinski definition) is 3. The molecule has 0 spiro atoms. The topological polar surface area (TPSA) is 66.5 Å². The van der Waals surface area contributed by atoms with E-state index in [0.717, 1.165) is 17.1 Å². The van der Waals surface area contributed by atoms with E-state index in [1.54, 1.807) is 18.2 Å². The maximum Gasteiger partial charge on any atom is 0.264 e. The summed E-state index contributed by atoms with van der Waals surface area (Å²) in [6.45, 7) is -0.348. The van der Waals surface area contributed by atoms with Gasteiger partial charge in [0.15, 0.2) is 0 Å². The number of hydrogen-bond donors (Lipinski definition) is 1. The molecule has 5 nitrogen and oxygen atoms in total. The van der Waals surface area contributed by atoms with Crippen LogP contribution in [-0.2, 0) is 14.8 Å². The second kappa shape index (κ2) is 6.60. The number of amides is 1. The first-order chi connectivity index (χ1) is 11.5. The van der Waals surface area contributed by atoms with E-state index < -0.39 is 15.8 Å². The minimum Gasteiger partial charge on any atom is -0.352 e. The van der Waals surface area contributed by atoms with Crippen molar-refractivity contribution in [1.82, 2.24) is 5.32 Å². The van der Waals surface area contributed by atoms with Gasteiger partial charge in [0, 0.05) is 6.04 Å². The fourth-order valence-corrected chi connectivity index (χ4v) is 3.72. The van der Waals surface area contributed by atoms with Crippen molar-refractivity contribution in [2.75, 3.05) is 10.8 Å². The first-order valence-electron chi connectivity index (χ1n) is 7.59.